The molecule has 2 heterocycles. The Balaban J connectivity index is 1.62. The summed E-state index contributed by atoms with van der Waals surface area (Å²) < 4.78 is 5.32. The molecule has 2 aromatic carbocycles. The van der Waals surface area contributed by atoms with Gasteiger partial charge in [-0.1, -0.05) is 18.2 Å². The summed E-state index contributed by atoms with van der Waals surface area (Å²) in [6.45, 7) is 0.730. The molecule has 30 heavy (non-hydrogen) atoms. The maximum absolute atomic E-state index is 13.3. The summed E-state index contributed by atoms with van der Waals surface area (Å²) in [6, 6.07) is 17.3. The molecule has 1 fully saturated rings. The molecule has 0 saturated carbocycles. The van der Waals surface area contributed by atoms with E-state index < -0.39 is 0 Å². The van der Waals surface area contributed by atoms with E-state index in [0.717, 1.165) is 42.1 Å². The van der Waals surface area contributed by atoms with E-state index in [2.05, 4.69) is 4.98 Å². The van der Waals surface area contributed by atoms with Crippen molar-refractivity contribution in [3.63, 3.8) is 0 Å². The van der Waals surface area contributed by atoms with Gasteiger partial charge in [-0.3, -0.25) is 4.79 Å². The first-order valence-electron chi connectivity index (χ1n) is 10.1. The Kier molecular flexibility index (Phi) is 5.65. The lowest BCUT2D eigenvalue weighted by atomic mass is 10.1. The largest absolute Gasteiger partial charge is 0.497 e. The molecule has 1 unspecified atom stereocenters. The van der Waals surface area contributed by atoms with Crippen molar-refractivity contribution in [1.82, 2.24) is 14.9 Å². The molecule has 1 aromatic heterocycles. The van der Waals surface area contributed by atoms with E-state index in [4.69, 9.17) is 9.72 Å². The van der Waals surface area contributed by atoms with Crippen LogP contribution in [0.2, 0.25) is 0 Å². The number of carbonyl (C=O) groups excluding carboxylic acids is 1. The average Bonchev–Trinajstić information content (AvgIpc) is 3.29. The maximum Gasteiger partial charge on any atom is 0.254 e. The van der Waals surface area contributed by atoms with E-state index in [1.165, 1.54) is 0 Å². The van der Waals surface area contributed by atoms with E-state index in [1.807, 2.05) is 78.5 Å². The quantitative estimate of drug-likeness (QED) is 0.640. The van der Waals surface area contributed by atoms with Crippen LogP contribution in [-0.2, 0) is 0 Å². The number of carbonyl (C=O) groups is 1. The Bertz CT molecular complexity index is 1050. The summed E-state index contributed by atoms with van der Waals surface area (Å²) in [4.78, 5) is 26.5. The zero-order valence-electron chi connectivity index (χ0n) is 17.6. The van der Waals surface area contributed by atoms with Crippen LogP contribution < -0.4 is 9.64 Å². The molecule has 4 rings (SSSR count). The van der Waals surface area contributed by atoms with Crippen LogP contribution in [-0.4, -0.2) is 48.5 Å². The van der Waals surface area contributed by atoms with Crippen molar-refractivity contribution in [1.29, 1.82) is 0 Å². The predicted molar refractivity (Wildman–Crippen MR) is 118 cm³/mol. The fourth-order valence-electron chi connectivity index (χ4n) is 3.86. The van der Waals surface area contributed by atoms with Gasteiger partial charge in [0.15, 0.2) is 5.82 Å². The molecular formula is C24H26N4O2. The molecule has 0 spiro atoms. The van der Waals surface area contributed by atoms with Crippen LogP contribution in [0, 0.1) is 0 Å². The van der Waals surface area contributed by atoms with Crippen LogP contribution in [0.4, 0.5) is 5.69 Å². The molecule has 1 aliphatic rings. The molecular weight excluding hydrogens is 376 g/mol. The topological polar surface area (TPSA) is 58.6 Å². The van der Waals surface area contributed by atoms with Crippen LogP contribution in [0.5, 0.6) is 5.75 Å². The molecule has 0 bridgehead atoms. The minimum Gasteiger partial charge on any atom is -0.497 e. The Labute approximate surface area is 177 Å². The van der Waals surface area contributed by atoms with E-state index in [-0.39, 0.29) is 11.9 Å². The highest BCUT2D eigenvalue weighted by atomic mass is 16.5. The molecule has 1 aliphatic heterocycles. The van der Waals surface area contributed by atoms with Gasteiger partial charge in [0.1, 0.15) is 5.75 Å². The second kappa shape index (κ2) is 8.53. The van der Waals surface area contributed by atoms with E-state index in [9.17, 15) is 4.79 Å². The minimum atomic E-state index is -0.0483. The zero-order chi connectivity index (χ0) is 21.1. The summed E-state index contributed by atoms with van der Waals surface area (Å²) in [5.41, 5.74) is 3.48. The maximum atomic E-state index is 13.3. The van der Waals surface area contributed by atoms with Crippen LogP contribution in [0.1, 0.15) is 34.9 Å². The molecule has 0 radical (unpaired) electrons. The summed E-state index contributed by atoms with van der Waals surface area (Å²) in [7, 11) is 5.59. The fraction of sp³-hybridized carbons (Fsp3) is 0.292. The molecule has 0 aliphatic carbocycles. The Morgan fingerprint density at radius 3 is 2.77 bits per heavy atom. The van der Waals surface area contributed by atoms with Crippen molar-refractivity contribution in [3.05, 3.63) is 72.1 Å². The highest BCUT2D eigenvalue weighted by Gasteiger charge is 2.32. The third-order valence-corrected chi connectivity index (χ3v) is 5.47. The average molecular weight is 402 g/mol. The Morgan fingerprint density at radius 1 is 1.13 bits per heavy atom. The first-order valence-corrected chi connectivity index (χ1v) is 10.1. The number of benzene rings is 2. The lowest BCUT2D eigenvalue weighted by Crippen LogP contribution is -2.31. The van der Waals surface area contributed by atoms with Gasteiger partial charge in [0.25, 0.3) is 5.91 Å². The monoisotopic (exact) mass is 402 g/mol. The van der Waals surface area contributed by atoms with Gasteiger partial charge in [-0.15, -0.1) is 0 Å². The number of aromatic nitrogens is 2. The second-order valence-electron chi connectivity index (χ2n) is 7.64. The SMILES string of the molecule is COc1cccc(-c2nccc(C3CCCN3C(=O)c3cccc(N(C)C)c3)n2)c1. The number of methoxy groups -OCH3 is 1. The van der Waals surface area contributed by atoms with Gasteiger partial charge in [0.2, 0.25) is 0 Å². The summed E-state index contributed by atoms with van der Waals surface area (Å²) in [5.74, 6) is 1.45. The van der Waals surface area contributed by atoms with Crippen LogP contribution in [0.3, 0.4) is 0 Å². The number of anilines is 1. The molecule has 1 atom stereocenters. The molecule has 154 valence electrons. The first-order chi connectivity index (χ1) is 14.6. The van der Waals surface area contributed by atoms with Gasteiger partial charge in [-0.25, -0.2) is 9.97 Å². The highest BCUT2D eigenvalue weighted by molar-refractivity contribution is 5.95. The van der Waals surface area contributed by atoms with Crippen LogP contribution in [0.15, 0.2) is 60.8 Å². The van der Waals surface area contributed by atoms with Crippen LogP contribution in [0.25, 0.3) is 11.4 Å². The fourth-order valence-corrected chi connectivity index (χ4v) is 3.86. The van der Waals surface area contributed by atoms with Crippen molar-refractivity contribution in [2.24, 2.45) is 0 Å². The number of nitrogens with zero attached hydrogens (tertiary/aromatic N) is 4. The zero-order valence-corrected chi connectivity index (χ0v) is 17.6. The molecule has 1 amide bonds. The molecule has 0 N–H and O–H groups in total. The molecule has 6 heteroatoms. The van der Waals surface area contributed by atoms with Crippen molar-refractivity contribution in [3.8, 4) is 17.1 Å². The predicted octanol–water partition coefficient (Wildman–Crippen LogP) is 4.20. The standard InChI is InChI=1S/C24H26N4O2/c1-27(2)19-9-4-8-18(15-19)24(29)28-14-6-11-22(28)21-12-13-25-23(26-21)17-7-5-10-20(16-17)30-3/h4-5,7-10,12-13,15-16,22H,6,11,14H2,1-3H3. The summed E-state index contributed by atoms with van der Waals surface area (Å²) in [5, 5.41) is 0. The van der Waals surface area contributed by atoms with Crippen molar-refractivity contribution >= 4 is 11.6 Å². The lowest BCUT2D eigenvalue weighted by Gasteiger charge is -2.25. The number of likely N-dealkylation sites (tertiary alicyclic amines) is 1. The third kappa shape index (κ3) is 3.99. The highest BCUT2D eigenvalue weighted by Crippen LogP contribution is 2.33. The van der Waals surface area contributed by atoms with Crippen molar-refractivity contribution in [2.45, 2.75) is 18.9 Å². The molecule has 3 aromatic rings. The summed E-state index contributed by atoms with van der Waals surface area (Å²) in [6.07, 6.45) is 3.63. The lowest BCUT2D eigenvalue weighted by molar-refractivity contribution is 0.0733. The van der Waals surface area contributed by atoms with Crippen molar-refractivity contribution < 1.29 is 9.53 Å². The Morgan fingerprint density at radius 2 is 1.97 bits per heavy atom. The normalized spacial score (nSPS) is 15.8. The van der Waals surface area contributed by atoms with E-state index in [0.29, 0.717) is 11.4 Å². The summed E-state index contributed by atoms with van der Waals surface area (Å²) >= 11 is 0. The first kappa shape index (κ1) is 19.9. The van der Waals surface area contributed by atoms with Gasteiger partial charge >= 0.3 is 0 Å². The number of hydrogen-bond donors (Lipinski definition) is 0. The minimum absolute atomic E-state index is 0.0442. The number of amides is 1. The van der Waals surface area contributed by atoms with Crippen molar-refractivity contribution in [2.75, 3.05) is 32.6 Å². The van der Waals surface area contributed by atoms with E-state index >= 15 is 0 Å². The Hall–Kier alpha value is -3.41. The smallest absolute Gasteiger partial charge is 0.254 e. The van der Waals surface area contributed by atoms with Gasteiger partial charge in [0.05, 0.1) is 18.8 Å². The number of ether oxygens (including phenoxy) is 1. The van der Waals surface area contributed by atoms with Crippen LogP contribution >= 0.6 is 0 Å². The number of hydrogen-bond acceptors (Lipinski definition) is 5. The van der Waals surface area contributed by atoms with Gasteiger partial charge in [0, 0.05) is 43.7 Å². The van der Waals surface area contributed by atoms with E-state index in [1.54, 1.807) is 13.3 Å². The van der Waals surface area contributed by atoms with Gasteiger partial charge < -0.3 is 14.5 Å². The van der Waals surface area contributed by atoms with Gasteiger partial charge in [-0.05, 0) is 49.2 Å². The molecule has 1 saturated heterocycles. The second-order valence-corrected chi connectivity index (χ2v) is 7.64. The van der Waals surface area contributed by atoms with Gasteiger partial charge in [-0.2, -0.15) is 0 Å². The number of rotatable bonds is 5. The molecule has 6 nitrogen and oxygen atoms in total. The third-order valence-electron chi connectivity index (χ3n) is 5.47.